The van der Waals surface area contributed by atoms with E-state index in [-0.39, 0.29) is 24.6 Å². The Labute approximate surface area is 194 Å². The molecule has 3 heterocycles. The highest BCUT2D eigenvalue weighted by atomic mass is 19.1. The number of nitrogens with one attached hydrogen (secondary N) is 1. The highest BCUT2D eigenvalue weighted by Gasteiger charge is 2.54. The van der Waals surface area contributed by atoms with Gasteiger partial charge in [-0.3, -0.25) is 5.10 Å². The van der Waals surface area contributed by atoms with E-state index in [2.05, 4.69) is 10.2 Å². The molecule has 1 aromatic carbocycles. The van der Waals surface area contributed by atoms with Gasteiger partial charge in [-0.1, -0.05) is 13.8 Å². The second-order valence-corrected chi connectivity index (χ2v) is 9.89. The highest BCUT2D eigenvalue weighted by Crippen LogP contribution is 2.53. The zero-order valence-corrected chi connectivity index (χ0v) is 19.4. The van der Waals surface area contributed by atoms with Gasteiger partial charge in [0.25, 0.3) is 0 Å². The minimum absolute atomic E-state index is 0.136. The molecule has 0 spiro atoms. The number of halogens is 2. The van der Waals surface area contributed by atoms with E-state index in [0.29, 0.717) is 23.3 Å². The fourth-order valence-electron chi connectivity index (χ4n) is 5.21. The van der Waals surface area contributed by atoms with E-state index >= 15 is 0 Å². The van der Waals surface area contributed by atoms with Gasteiger partial charge in [-0.2, -0.15) is 5.10 Å². The second-order valence-electron chi connectivity index (χ2n) is 9.89. The molecular formula is C25H26F2N4O3. The Kier molecular flexibility index (Phi) is 5.02. The number of aromatic nitrogens is 4. The van der Waals surface area contributed by atoms with Crippen molar-refractivity contribution in [2.24, 2.45) is 0 Å². The molecule has 0 atom stereocenters. The van der Waals surface area contributed by atoms with Gasteiger partial charge in [0, 0.05) is 34.9 Å². The first-order valence-corrected chi connectivity index (χ1v) is 11.1. The molecule has 1 saturated carbocycles. The summed E-state index contributed by atoms with van der Waals surface area (Å²) in [5.41, 5.74) is 2.07. The van der Waals surface area contributed by atoms with Gasteiger partial charge < -0.3 is 14.4 Å². The minimum Gasteiger partial charge on any atom is -0.479 e. The number of benzene rings is 1. The van der Waals surface area contributed by atoms with Gasteiger partial charge in [0.1, 0.15) is 5.82 Å². The third-order valence-electron chi connectivity index (χ3n) is 6.86. The molecule has 1 aliphatic carbocycles. The number of aryl methyl sites for hydroxylation is 1. The number of alkyl halides is 1. The standard InChI is InChI=1S/C25H26F2N4O3/c1-13-7-16(5-6-17(13)26)31-18-8-14-11-28-30-22(14)29-20(18)19(21(31)24(2,3)12-34-4)15-9-25(27,10-15)23(32)33/h5-8,11,15H,9-10,12H2,1-4H3,(H,32,33)(H,28,29,30). The maximum Gasteiger partial charge on any atom is 0.341 e. The van der Waals surface area contributed by atoms with Crippen molar-refractivity contribution >= 4 is 28.0 Å². The summed E-state index contributed by atoms with van der Waals surface area (Å²) >= 11 is 0. The van der Waals surface area contributed by atoms with E-state index in [9.17, 15) is 18.7 Å². The van der Waals surface area contributed by atoms with Crippen LogP contribution < -0.4 is 0 Å². The maximum absolute atomic E-state index is 14.9. The average molecular weight is 469 g/mol. The number of aromatic amines is 1. The molecule has 3 aromatic heterocycles. The SMILES string of the molecule is COCC(C)(C)c1c(C2CC(F)(C(=O)O)C2)c2nc3[nH]ncc3cc2n1-c1ccc(F)c(C)c1. The van der Waals surface area contributed by atoms with Crippen molar-refractivity contribution in [3.05, 3.63) is 53.1 Å². The second kappa shape index (κ2) is 7.59. The fraction of sp³-hybridized carbons (Fsp3) is 0.400. The summed E-state index contributed by atoms with van der Waals surface area (Å²) in [7, 11) is 1.62. The van der Waals surface area contributed by atoms with Crippen LogP contribution in [0.2, 0.25) is 0 Å². The Morgan fingerprint density at radius 1 is 1.35 bits per heavy atom. The summed E-state index contributed by atoms with van der Waals surface area (Å²) in [6, 6.07) is 6.85. The average Bonchev–Trinajstić information content (AvgIpc) is 3.33. The van der Waals surface area contributed by atoms with E-state index in [1.54, 1.807) is 32.4 Å². The molecule has 0 amide bonds. The topological polar surface area (TPSA) is 93.0 Å². The molecule has 0 radical (unpaired) electrons. The van der Waals surface area contributed by atoms with Crippen LogP contribution in [0.4, 0.5) is 8.78 Å². The molecule has 5 rings (SSSR count). The maximum atomic E-state index is 14.9. The van der Waals surface area contributed by atoms with Gasteiger partial charge in [0.15, 0.2) is 5.65 Å². The van der Waals surface area contributed by atoms with E-state index < -0.39 is 17.1 Å². The molecule has 0 aliphatic heterocycles. The van der Waals surface area contributed by atoms with Crippen LogP contribution in [-0.2, 0) is 14.9 Å². The number of hydrogen-bond donors (Lipinski definition) is 2. The normalized spacial score (nSPS) is 20.7. The van der Waals surface area contributed by atoms with E-state index in [1.807, 2.05) is 24.5 Å². The van der Waals surface area contributed by atoms with Crippen LogP contribution >= 0.6 is 0 Å². The quantitative estimate of drug-likeness (QED) is 0.418. The van der Waals surface area contributed by atoms with Crippen molar-refractivity contribution in [3.63, 3.8) is 0 Å². The number of hydrogen-bond acceptors (Lipinski definition) is 4. The highest BCUT2D eigenvalue weighted by molar-refractivity contribution is 5.94. The summed E-state index contributed by atoms with van der Waals surface area (Å²) < 4.78 is 36.6. The number of carboxylic acid groups (broad SMARTS) is 1. The van der Waals surface area contributed by atoms with Crippen molar-refractivity contribution in [2.45, 2.75) is 50.6 Å². The fourth-order valence-corrected chi connectivity index (χ4v) is 5.21. The van der Waals surface area contributed by atoms with Crippen molar-refractivity contribution in [3.8, 4) is 5.69 Å². The predicted molar refractivity (Wildman–Crippen MR) is 124 cm³/mol. The van der Waals surface area contributed by atoms with Gasteiger partial charge in [-0.15, -0.1) is 0 Å². The third-order valence-corrected chi connectivity index (χ3v) is 6.86. The molecule has 0 bridgehead atoms. The van der Waals surface area contributed by atoms with Crippen molar-refractivity contribution < 1.29 is 23.4 Å². The Balaban J connectivity index is 1.86. The number of H-pyrrole nitrogens is 1. The van der Waals surface area contributed by atoms with Gasteiger partial charge >= 0.3 is 5.97 Å². The Bertz CT molecular complexity index is 1430. The van der Waals surface area contributed by atoms with Crippen LogP contribution in [0.25, 0.3) is 27.8 Å². The molecule has 1 fully saturated rings. The first-order valence-electron chi connectivity index (χ1n) is 11.1. The number of nitrogens with zero attached hydrogens (tertiary/aromatic N) is 3. The molecule has 0 saturated heterocycles. The lowest BCUT2D eigenvalue weighted by molar-refractivity contribution is -0.158. The Hall–Kier alpha value is -3.33. The van der Waals surface area contributed by atoms with Gasteiger partial charge in [0.05, 0.1) is 23.8 Å². The Morgan fingerprint density at radius 3 is 2.74 bits per heavy atom. The largest absolute Gasteiger partial charge is 0.479 e. The van der Waals surface area contributed by atoms with Crippen LogP contribution in [0, 0.1) is 12.7 Å². The molecule has 178 valence electrons. The van der Waals surface area contributed by atoms with Crippen molar-refractivity contribution in [1.29, 1.82) is 0 Å². The molecule has 7 nitrogen and oxygen atoms in total. The summed E-state index contributed by atoms with van der Waals surface area (Å²) in [4.78, 5) is 16.3. The summed E-state index contributed by atoms with van der Waals surface area (Å²) in [6.07, 6.45) is 1.40. The third kappa shape index (κ3) is 3.29. The lowest BCUT2D eigenvalue weighted by Crippen LogP contribution is -2.46. The van der Waals surface area contributed by atoms with Crippen LogP contribution in [0.15, 0.2) is 30.5 Å². The first kappa shape index (κ1) is 22.5. The molecule has 9 heteroatoms. The van der Waals surface area contributed by atoms with Crippen LogP contribution in [0.5, 0.6) is 0 Å². The van der Waals surface area contributed by atoms with E-state index in [4.69, 9.17) is 9.72 Å². The van der Waals surface area contributed by atoms with E-state index in [1.165, 1.54) is 6.07 Å². The number of carboxylic acids is 1. The predicted octanol–water partition coefficient (Wildman–Crippen LogP) is 4.94. The lowest BCUT2D eigenvalue weighted by Gasteiger charge is -2.40. The monoisotopic (exact) mass is 468 g/mol. The number of ether oxygens (including phenoxy) is 1. The summed E-state index contributed by atoms with van der Waals surface area (Å²) in [5, 5.41) is 17.1. The van der Waals surface area contributed by atoms with Gasteiger partial charge in [-0.05, 0) is 55.5 Å². The lowest BCUT2D eigenvalue weighted by atomic mass is 9.67. The van der Waals surface area contributed by atoms with E-state index in [0.717, 1.165) is 27.8 Å². The van der Waals surface area contributed by atoms with Crippen molar-refractivity contribution in [2.75, 3.05) is 13.7 Å². The smallest absolute Gasteiger partial charge is 0.341 e. The molecule has 0 unspecified atom stereocenters. The zero-order valence-electron chi connectivity index (χ0n) is 19.4. The number of aliphatic carboxylic acids is 1. The van der Waals surface area contributed by atoms with Crippen LogP contribution in [-0.4, -0.2) is 50.2 Å². The molecule has 2 N–H and O–H groups in total. The molecular weight excluding hydrogens is 442 g/mol. The number of carbonyl (C=O) groups is 1. The molecule has 4 aromatic rings. The number of fused-ring (bicyclic) bond motifs is 2. The number of methoxy groups -OCH3 is 1. The van der Waals surface area contributed by atoms with Gasteiger partial charge in [0.2, 0.25) is 5.67 Å². The number of pyridine rings is 1. The van der Waals surface area contributed by atoms with Crippen molar-refractivity contribution in [1.82, 2.24) is 19.7 Å². The molecule has 1 aliphatic rings. The van der Waals surface area contributed by atoms with Crippen LogP contribution in [0.1, 0.15) is 49.4 Å². The number of rotatable bonds is 6. The Morgan fingerprint density at radius 2 is 2.09 bits per heavy atom. The van der Waals surface area contributed by atoms with Gasteiger partial charge in [-0.25, -0.2) is 18.6 Å². The zero-order chi connectivity index (χ0) is 24.4. The minimum atomic E-state index is -2.26. The first-order chi connectivity index (χ1) is 16.1. The summed E-state index contributed by atoms with van der Waals surface area (Å²) in [5.74, 6) is -2.09. The van der Waals surface area contributed by atoms with Crippen LogP contribution in [0.3, 0.4) is 0 Å². The summed E-state index contributed by atoms with van der Waals surface area (Å²) in [6.45, 7) is 6.11. The molecule has 34 heavy (non-hydrogen) atoms.